The molecule has 2 amide bonds. The van der Waals surface area contributed by atoms with Crippen molar-refractivity contribution < 1.29 is 14.0 Å². The Morgan fingerprint density at radius 3 is 2.52 bits per heavy atom. The fraction of sp³-hybridized carbons (Fsp3) is 0.118. The van der Waals surface area contributed by atoms with E-state index in [2.05, 4.69) is 15.6 Å². The molecule has 1 heterocycles. The van der Waals surface area contributed by atoms with Crippen molar-refractivity contribution in [3.8, 4) is 0 Å². The lowest BCUT2D eigenvalue weighted by Gasteiger charge is -2.08. The number of anilines is 2. The molecule has 2 N–H and O–H groups in total. The SMILES string of the molecule is CC(=O)Nc1cccc(NC(=O)c2ccc3oc(C)nc3c2)c1. The van der Waals surface area contributed by atoms with E-state index in [-0.39, 0.29) is 11.8 Å². The first kappa shape index (κ1) is 14.8. The third-order valence-corrected chi connectivity index (χ3v) is 3.20. The minimum absolute atomic E-state index is 0.166. The average Bonchev–Trinajstić information content (AvgIpc) is 2.85. The number of aryl methyl sites for hydroxylation is 1. The van der Waals surface area contributed by atoms with Crippen molar-refractivity contribution in [2.45, 2.75) is 13.8 Å². The van der Waals surface area contributed by atoms with Crippen LogP contribution in [0.4, 0.5) is 11.4 Å². The minimum atomic E-state index is -0.257. The summed E-state index contributed by atoms with van der Waals surface area (Å²) in [5.74, 6) is 0.133. The van der Waals surface area contributed by atoms with Gasteiger partial charge in [-0.15, -0.1) is 0 Å². The van der Waals surface area contributed by atoms with Crippen LogP contribution in [0.1, 0.15) is 23.2 Å². The van der Waals surface area contributed by atoms with E-state index in [4.69, 9.17) is 4.42 Å². The Bertz CT molecular complexity index is 899. The van der Waals surface area contributed by atoms with Gasteiger partial charge in [-0.2, -0.15) is 0 Å². The van der Waals surface area contributed by atoms with E-state index in [9.17, 15) is 9.59 Å². The van der Waals surface area contributed by atoms with Gasteiger partial charge in [-0.05, 0) is 36.4 Å². The van der Waals surface area contributed by atoms with E-state index in [1.54, 1.807) is 49.4 Å². The molecule has 0 radical (unpaired) electrons. The Labute approximate surface area is 132 Å². The average molecular weight is 309 g/mol. The molecule has 116 valence electrons. The van der Waals surface area contributed by atoms with Gasteiger partial charge in [0.05, 0.1) is 0 Å². The normalized spacial score (nSPS) is 10.5. The van der Waals surface area contributed by atoms with E-state index >= 15 is 0 Å². The van der Waals surface area contributed by atoms with Crippen molar-refractivity contribution in [2.75, 3.05) is 10.6 Å². The van der Waals surface area contributed by atoms with Gasteiger partial charge in [0.25, 0.3) is 5.91 Å². The summed E-state index contributed by atoms with van der Waals surface area (Å²) in [7, 11) is 0. The van der Waals surface area contributed by atoms with Crippen molar-refractivity contribution in [1.82, 2.24) is 4.98 Å². The Morgan fingerprint density at radius 1 is 1.04 bits per heavy atom. The molecule has 0 aliphatic carbocycles. The molecule has 6 nitrogen and oxygen atoms in total. The number of hydrogen-bond donors (Lipinski definition) is 2. The van der Waals surface area contributed by atoms with Crippen molar-refractivity contribution in [3.63, 3.8) is 0 Å². The maximum atomic E-state index is 12.3. The number of hydrogen-bond acceptors (Lipinski definition) is 4. The number of benzene rings is 2. The summed E-state index contributed by atoms with van der Waals surface area (Å²) in [6, 6.07) is 12.0. The number of carbonyl (C=O) groups excluding carboxylic acids is 2. The van der Waals surface area contributed by atoms with E-state index in [1.165, 1.54) is 6.92 Å². The summed E-state index contributed by atoms with van der Waals surface area (Å²) < 4.78 is 5.39. The standard InChI is InChI=1S/C17H15N3O3/c1-10(21)18-13-4-3-5-14(9-13)20-17(22)12-6-7-16-15(8-12)19-11(2)23-16/h3-9H,1-2H3,(H,18,21)(H,20,22). The smallest absolute Gasteiger partial charge is 0.255 e. The third kappa shape index (κ3) is 3.37. The summed E-state index contributed by atoms with van der Waals surface area (Å²) >= 11 is 0. The van der Waals surface area contributed by atoms with E-state index < -0.39 is 0 Å². The van der Waals surface area contributed by atoms with Gasteiger partial charge in [-0.1, -0.05) is 6.07 Å². The number of nitrogens with zero attached hydrogens (tertiary/aromatic N) is 1. The molecule has 2 aromatic carbocycles. The highest BCUT2D eigenvalue weighted by Gasteiger charge is 2.10. The molecule has 0 atom stereocenters. The molecular formula is C17H15N3O3. The Hall–Kier alpha value is -3.15. The maximum Gasteiger partial charge on any atom is 0.255 e. The number of rotatable bonds is 3. The van der Waals surface area contributed by atoms with Crippen molar-refractivity contribution >= 4 is 34.3 Å². The summed E-state index contributed by atoms with van der Waals surface area (Å²) in [5, 5.41) is 5.47. The number of carbonyl (C=O) groups is 2. The first-order chi connectivity index (χ1) is 11.0. The van der Waals surface area contributed by atoms with E-state index in [1.807, 2.05) is 0 Å². The number of amides is 2. The molecular weight excluding hydrogens is 294 g/mol. The van der Waals surface area contributed by atoms with Crippen molar-refractivity contribution in [2.24, 2.45) is 0 Å². The summed E-state index contributed by atoms with van der Waals surface area (Å²) in [6.07, 6.45) is 0. The van der Waals surface area contributed by atoms with Gasteiger partial charge < -0.3 is 15.1 Å². The first-order valence-corrected chi connectivity index (χ1v) is 7.07. The third-order valence-electron chi connectivity index (χ3n) is 3.20. The van der Waals surface area contributed by atoms with Gasteiger partial charge in [-0.3, -0.25) is 9.59 Å². The minimum Gasteiger partial charge on any atom is -0.441 e. The van der Waals surface area contributed by atoms with Crippen LogP contribution in [-0.4, -0.2) is 16.8 Å². The number of oxazole rings is 1. The second-order valence-electron chi connectivity index (χ2n) is 5.13. The molecule has 0 spiro atoms. The number of aromatic nitrogens is 1. The molecule has 0 saturated heterocycles. The molecule has 3 aromatic rings. The predicted octanol–water partition coefficient (Wildman–Crippen LogP) is 3.35. The van der Waals surface area contributed by atoms with Crippen LogP contribution in [0, 0.1) is 6.92 Å². The molecule has 6 heteroatoms. The Balaban J connectivity index is 1.81. The van der Waals surface area contributed by atoms with Gasteiger partial charge in [0.2, 0.25) is 5.91 Å². The Morgan fingerprint density at radius 2 is 1.78 bits per heavy atom. The van der Waals surface area contributed by atoms with Crippen LogP contribution in [0.15, 0.2) is 46.9 Å². The zero-order valence-corrected chi connectivity index (χ0v) is 12.7. The lowest BCUT2D eigenvalue weighted by atomic mass is 10.2. The summed E-state index contributed by atoms with van der Waals surface area (Å²) in [4.78, 5) is 27.6. The van der Waals surface area contributed by atoms with Crippen molar-refractivity contribution in [1.29, 1.82) is 0 Å². The van der Waals surface area contributed by atoms with Crippen LogP contribution >= 0.6 is 0 Å². The quantitative estimate of drug-likeness (QED) is 0.777. The predicted molar refractivity (Wildman–Crippen MR) is 87.4 cm³/mol. The molecule has 0 aliphatic heterocycles. The molecule has 0 aliphatic rings. The second kappa shape index (κ2) is 5.92. The van der Waals surface area contributed by atoms with Crippen LogP contribution in [0.25, 0.3) is 11.1 Å². The molecule has 0 unspecified atom stereocenters. The van der Waals surface area contributed by atoms with Crippen LogP contribution in [0.3, 0.4) is 0 Å². The van der Waals surface area contributed by atoms with Gasteiger partial charge >= 0.3 is 0 Å². The van der Waals surface area contributed by atoms with Crippen LogP contribution in [0.2, 0.25) is 0 Å². The highest BCUT2D eigenvalue weighted by molar-refractivity contribution is 6.06. The largest absolute Gasteiger partial charge is 0.441 e. The van der Waals surface area contributed by atoms with Crippen LogP contribution in [0.5, 0.6) is 0 Å². The molecule has 0 saturated carbocycles. The molecule has 0 fully saturated rings. The fourth-order valence-corrected chi connectivity index (χ4v) is 2.27. The lowest BCUT2D eigenvalue weighted by Crippen LogP contribution is -2.12. The summed E-state index contributed by atoms with van der Waals surface area (Å²) in [5.41, 5.74) is 2.99. The van der Waals surface area contributed by atoms with E-state index in [0.29, 0.717) is 33.9 Å². The van der Waals surface area contributed by atoms with Gasteiger partial charge in [0.15, 0.2) is 11.5 Å². The second-order valence-corrected chi connectivity index (χ2v) is 5.13. The first-order valence-electron chi connectivity index (χ1n) is 7.07. The summed E-state index contributed by atoms with van der Waals surface area (Å²) in [6.45, 7) is 3.19. The topological polar surface area (TPSA) is 84.2 Å². The van der Waals surface area contributed by atoms with Gasteiger partial charge in [0.1, 0.15) is 5.52 Å². The zero-order chi connectivity index (χ0) is 16.4. The molecule has 23 heavy (non-hydrogen) atoms. The molecule has 0 bridgehead atoms. The van der Waals surface area contributed by atoms with Crippen molar-refractivity contribution in [3.05, 3.63) is 53.9 Å². The zero-order valence-electron chi connectivity index (χ0n) is 12.7. The molecule has 3 rings (SSSR count). The van der Waals surface area contributed by atoms with Crippen LogP contribution in [-0.2, 0) is 4.79 Å². The lowest BCUT2D eigenvalue weighted by molar-refractivity contribution is -0.114. The highest BCUT2D eigenvalue weighted by Crippen LogP contribution is 2.19. The van der Waals surface area contributed by atoms with Crippen LogP contribution < -0.4 is 10.6 Å². The Kier molecular flexibility index (Phi) is 3.80. The maximum absolute atomic E-state index is 12.3. The fourth-order valence-electron chi connectivity index (χ4n) is 2.27. The molecule has 1 aromatic heterocycles. The van der Waals surface area contributed by atoms with Gasteiger partial charge in [-0.25, -0.2) is 4.98 Å². The van der Waals surface area contributed by atoms with Gasteiger partial charge in [0, 0.05) is 30.8 Å². The highest BCUT2D eigenvalue weighted by atomic mass is 16.3. The monoisotopic (exact) mass is 309 g/mol. The van der Waals surface area contributed by atoms with E-state index in [0.717, 1.165) is 0 Å². The number of nitrogens with one attached hydrogen (secondary N) is 2. The number of fused-ring (bicyclic) bond motifs is 1.